The van der Waals surface area contributed by atoms with Crippen LogP contribution in [-0.2, 0) is 22.3 Å². The van der Waals surface area contributed by atoms with Gasteiger partial charge < -0.3 is 5.32 Å². The summed E-state index contributed by atoms with van der Waals surface area (Å²) in [6, 6.07) is 7.68. The number of hydrogen-bond donors (Lipinski definition) is 2. The van der Waals surface area contributed by atoms with Gasteiger partial charge >= 0.3 is 0 Å². The van der Waals surface area contributed by atoms with E-state index in [-0.39, 0.29) is 11.2 Å². The van der Waals surface area contributed by atoms with E-state index in [0.29, 0.717) is 6.54 Å². The number of nitrogens with one attached hydrogen (secondary N) is 2. The minimum Gasteiger partial charge on any atom is -0.316 e. The lowest BCUT2D eigenvalue weighted by Crippen LogP contribution is -2.30. The molecule has 19 heavy (non-hydrogen) atoms. The fourth-order valence-electron chi connectivity index (χ4n) is 1.90. The monoisotopic (exact) mass is 282 g/mol. The van der Waals surface area contributed by atoms with Crippen LogP contribution in [0.1, 0.15) is 30.9 Å². The molecule has 0 heterocycles. The number of sulfonamides is 1. The van der Waals surface area contributed by atoms with Gasteiger partial charge in [-0.3, -0.25) is 0 Å². The molecule has 1 aliphatic rings. The topological polar surface area (TPSA) is 58.2 Å². The molecule has 0 aromatic heterocycles. The fourth-order valence-corrected chi connectivity index (χ4v) is 3.20. The van der Waals surface area contributed by atoms with Crippen molar-refractivity contribution >= 4 is 10.0 Å². The fraction of sp³-hybridized carbons (Fsp3) is 0.571. The van der Waals surface area contributed by atoms with Gasteiger partial charge in [0.05, 0.1) is 5.75 Å². The molecule has 5 heteroatoms. The SMILES string of the molecule is CNCc1ccc(CS(=O)(=O)NCC2(C)CC2)cc1. The van der Waals surface area contributed by atoms with Crippen molar-refractivity contribution in [2.24, 2.45) is 5.41 Å². The molecule has 1 aromatic rings. The molecule has 0 aliphatic heterocycles. The average molecular weight is 282 g/mol. The zero-order valence-corrected chi connectivity index (χ0v) is 12.4. The maximum Gasteiger partial charge on any atom is 0.215 e. The molecule has 1 aliphatic carbocycles. The van der Waals surface area contributed by atoms with Crippen molar-refractivity contribution in [3.05, 3.63) is 35.4 Å². The van der Waals surface area contributed by atoms with Gasteiger partial charge in [0.1, 0.15) is 0 Å². The molecule has 1 aromatic carbocycles. The summed E-state index contributed by atoms with van der Waals surface area (Å²) in [6.07, 6.45) is 2.24. The Bertz CT molecular complexity index is 519. The molecular formula is C14H22N2O2S. The maximum absolute atomic E-state index is 12.0. The van der Waals surface area contributed by atoms with Crippen LogP contribution in [0.15, 0.2) is 24.3 Å². The zero-order valence-electron chi connectivity index (χ0n) is 11.6. The van der Waals surface area contributed by atoms with Gasteiger partial charge in [-0.25, -0.2) is 13.1 Å². The van der Waals surface area contributed by atoms with E-state index in [9.17, 15) is 8.42 Å². The van der Waals surface area contributed by atoms with Crippen LogP contribution in [0.25, 0.3) is 0 Å². The van der Waals surface area contributed by atoms with Gasteiger partial charge in [0.2, 0.25) is 10.0 Å². The maximum atomic E-state index is 12.0. The summed E-state index contributed by atoms with van der Waals surface area (Å²) < 4.78 is 26.6. The molecule has 106 valence electrons. The molecule has 1 saturated carbocycles. The van der Waals surface area contributed by atoms with Gasteiger partial charge in [0.25, 0.3) is 0 Å². The highest BCUT2D eigenvalue weighted by atomic mass is 32.2. The first-order chi connectivity index (χ1) is 8.92. The van der Waals surface area contributed by atoms with Crippen LogP contribution in [0.5, 0.6) is 0 Å². The predicted molar refractivity (Wildman–Crippen MR) is 77.2 cm³/mol. The van der Waals surface area contributed by atoms with E-state index in [2.05, 4.69) is 17.0 Å². The van der Waals surface area contributed by atoms with E-state index < -0.39 is 10.0 Å². The minimum absolute atomic E-state index is 0.0584. The van der Waals surface area contributed by atoms with Crippen molar-refractivity contribution in [1.82, 2.24) is 10.0 Å². The van der Waals surface area contributed by atoms with Gasteiger partial charge in [-0.15, -0.1) is 0 Å². The lowest BCUT2D eigenvalue weighted by atomic mass is 10.1. The quantitative estimate of drug-likeness (QED) is 0.799. The Kier molecular flexibility index (Phi) is 4.28. The molecular weight excluding hydrogens is 260 g/mol. The van der Waals surface area contributed by atoms with Crippen LogP contribution >= 0.6 is 0 Å². The van der Waals surface area contributed by atoms with Crippen LogP contribution in [0.2, 0.25) is 0 Å². The third-order valence-electron chi connectivity index (χ3n) is 3.58. The van der Waals surface area contributed by atoms with Gasteiger partial charge in [-0.05, 0) is 36.4 Å². The molecule has 0 unspecified atom stereocenters. The van der Waals surface area contributed by atoms with Crippen LogP contribution in [0.4, 0.5) is 0 Å². The van der Waals surface area contributed by atoms with Crippen molar-refractivity contribution in [1.29, 1.82) is 0 Å². The molecule has 0 radical (unpaired) electrons. The first kappa shape index (κ1) is 14.5. The van der Waals surface area contributed by atoms with Gasteiger partial charge in [-0.2, -0.15) is 0 Å². The van der Waals surface area contributed by atoms with Crippen LogP contribution in [0.3, 0.4) is 0 Å². The average Bonchev–Trinajstić information content (AvgIpc) is 3.09. The molecule has 0 bridgehead atoms. The normalized spacial score (nSPS) is 17.4. The second-order valence-corrected chi connectivity index (χ2v) is 7.54. The first-order valence-electron chi connectivity index (χ1n) is 6.62. The van der Waals surface area contributed by atoms with Crippen molar-refractivity contribution in [3.63, 3.8) is 0 Å². The van der Waals surface area contributed by atoms with Crippen LogP contribution in [-0.4, -0.2) is 22.0 Å². The Morgan fingerprint density at radius 1 is 1.16 bits per heavy atom. The molecule has 4 nitrogen and oxygen atoms in total. The summed E-state index contributed by atoms with van der Waals surface area (Å²) in [5.41, 5.74) is 2.18. The van der Waals surface area contributed by atoms with Crippen molar-refractivity contribution in [2.45, 2.75) is 32.1 Å². The number of hydrogen-bond acceptors (Lipinski definition) is 3. The third-order valence-corrected chi connectivity index (χ3v) is 4.88. The summed E-state index contributed by atoms with van der Waals surface area (Å²) in [6.45, 7) is 3.47. The van der Waals surface area contributed by atoms with Gasteiger partial charge in [0.15, 0.2) is 0 Å². The Balaban J connectivity index is 1.91. The Labute approximate surface area is 115 Å². The van der Waals surface area contributed by atoms with Gasteiger partial charge in [-0.1, -0.05) is 31.2 Å². The summed E-state index contributed by atoms with van der Waals surface area (Å²) in [7, 11) is -1.33. The predicted octanol–water partition coefficient (Wildman–Crippen LogP) is 1.63. The lowest BCUT2D eigenvalue weighted by Gasteiger charge is -2.11. The van der Waals surface area contributed by atoms with Gasteiger partial charge in [0, 0.05) is 13.1 Å². The van der Waals surface area contributed by atoms with E-state index in [1.807, 2.05) is 31.3 Å². The Morgan fingerprint density at radius 2 is 1.74 bits per heavy atom. The Morgan fingerprint density at radius 3 is 2.26 bits per heavy atom. The van der Waals surface area contributed by atoms with Crippen molar-refractivity contribution in [3.8, 4) is 0 Å². The second-order valence-electron chi connectivity index (χ2n) is 5.74. The van der Waals surface area contributed by atoms with Crippen LogP contribution < -0.4 is 10.0 Å². The van der Waals surface area contributed by atoms with Crippen LogP contribution in [0, 0.1) is 5.41 Å². The van der Waals surface area contributed by atoms with Crippen molar-refractivity contribution in [2.75, 3.05) is 13.6 Å². The summed E-state index contributed by atoms with van der Waals surface area (Å²) in [5, 5.41) is 3.06. The molecule has 1 fully saturated rings. The lowest BCUT2D eigenvalue weighted by molar-refractivity contribution is 0.530. The van der Waals surface area contributed by atoms with Crippen molar-refractivity contribution < 1.29 is 8.42 Å². The van der Waals surface area contributed by atoms with E-state index in [4.69, 9.17) is 0 Å². The van der Waals surface area contributed by atoms with E-state index in [1.54, 1.807) is 0 Å². The summed E-state index contributed by atoms with van der Waals surface area (Å²) in [4.78, 5) is 0. The highest BCUT2D eigenvalue weighted by Gasteiger charge is 2.37. The van der Waals surface area contributed by atoms with E-state index in [1.165, 1.54) is 0 Å². The third kappa shape index (κ3) is 4.60. The standard InChI is InChI=1S/C14H22N2O2S/c1-14(7-8-14)11-16-19(17,18)10-13-5-3-12(4-6-13)9-15-2/h3-6,15-16H,7-11H2,1-2H3. The zero-order chi connectivity index (χ0) is 13.9. The highest BCUT2D eigenvalue weighted by molar-refractivity contribution is 7.88. The molecule has 2 N–H and O–H groups in total. The minimum atomic E-state index is -3.22. The number of benzene rings is 1. The first-order valence-corrected chi connectivity index (χ1v) is 8.27. The van der Waals surface area contributed by atoms with E-state index in [0.717, 1.165) is 30.5 Å². The second kappa shape index (κ2) is 5.61. The highest BCUT2D eigenvalue weighted by Crippen LogP contribution is 2.44. The number of rotatable bonds is 7. The summed E-state index contributed by atoms with van der Waals surface area (Å²) >= 11 is 0. The molecule has 2 rings (SSSR count). The molecule has 0 saturated heterocycles. The summed E-state index contributed by atoms with van der Waals surface area (Å²) in [5.74, 6) is 0.0584. The molecule has 0 spiro atoms. The Hall–Kier alpha value is -0.910. The smallest absolute Gasteiger partial charge is 0.215 e. The van der Waals surface area contributed by atoms with E-state index >= 15 is 0 Å². The molecule has 0 atom stereocenters. The largest absolute Gasteiger partial charge is 0.316 e. The molecule has 0 amide bonds.